The summed E-state index contributed by atoms with van der Waals surface area (Å²) in [5.74, 6) is 0.838. The highest BCUT2D eigenvalue weighted by Crippen LogP contribution is 2.11. The summed E-state index contributed by atoms with van der Waals surface area (Å²) in [6.45, 7) is 2.86. The molecular formula is C19H19N3O2. The van der Waals surface area contributed by atoms with Crippen LogP contribution < -0.4 is 10.3 Å². The molecule has 0 unspecified atom stereocenters. The van der Waals surface area contributed by atoms with E-state index in [2.05, 4.69) is 17.0 Å². The van der Waals surface area contributed by atoms with Crippen molar-refractivity contribution < 1.29 is 4.74 Å². The second-order valence-corrected chi connectivity index (χ2v) is 5.43. The van der Waals surface area contributed by atoms with Gasteiger partial charge in [-0.05, 0) is 48.4 Å². The molecule has 0 atom stereocenters. The summed E-state index contributed by atoms with van der Waals surface area (Å²) < 4.78 is 6.87. The van der Waals surface area contributed by atoms with Crippen LogP contribution in [0.3, 0.4) is 0 Å². The van der Waals surface area contributed by atoms with Gasteiger partial charge < -0.3 is 4.74 Å². The van der Waals surface area contributed by atoms with Gasteiger partial charge in [0.1, 0.15) is 12.1 Å². The molecule has 24 heavy (non-hydrogen) atoms. The maximum absolute atomic E-state index is 12.3. The molecule has 5 nitrogen and oxygen atoms in total. The van der Waals surface area contributed by atoms with Crippen molar-refractivity contribution in [2.75, 3.05) is 6.61 Å². The standard InChI is InChI=1S/C19H19N3O2/c1-2-3-12-24-16-10-8-15(9-11-16)13-21-22-14-20-18-7-5-4-6-17(18)19(22)23/h4-11,13-14H,2-3,12H2,1H3. The molecule has 0 aliphatic carbocycles. The molecule has 0 saturated heterocycles. The van der Waals surface area contributed by atoms with Crippen molar-refractivity contribution >= 4 is 17.1 Å². The zero-order valence-corrected chi connectivity index (χ0v) is 13.6. The van der Waals surface area contributed by atoms with E-state index in [0.29, 0.717) is 10.9 Å². The van der Waals surface area contributed by atoms with Gasteiger partial charge in [-0.1, -0.05) is 25.5 Å². The Hall–Kier alpha value is -2.95. The van der Waals surface area contributed by atoms with Crippen molar-refractivity contribution in [3.8, 4) is 5.75 Å². The van der Waals surface area contributed by atoms with Crippen LogP contribution in [0.2, 0.25) is 0 Å². The van der Waals surface area contributed by atoms with Crippen LogP contribution in [0.15, 0.2) is 64.8 Å². The van der Waals surface area contributed by atoms with Crippen LogP contribution in [0, 0.1) is 0 Å². The molecule has 2 aromatic carbocycles. The normalized spacial score (nSPS) is 11.2. The minimum Gasteiger partial charge on any atom is -0.494 e. The first kappa shape index (κ1) is 15.9. The molecule has 5 heteroatoms. The molecule has 122 valence electrons. The fourth-order valence-electron chi connectivity index (χ4n) is 2.26. The Balaban J connectivity index is 1.76. The van der Waals surface area contributed by atoms with Crippen molar-refractivity contribution in [2.24, 2.45) is 5.10 Å². The first-order chi connectivity index (χ1) is 11.8. The van der Waals surface area contributed by atoms with E-state index in [9.17, 15) is 4.79 Å². The van der Waals surface area contributed by atoms with Crippen LogP contribution in [-0.4, -0.2) is 22.5 Å². The molecule has 0 N–H and O–H groups in total. The van der Waals surface area contributed by atoms with Gasteiger partial charge in [0, 0.05) is 0 Å². The van der Waals surface area contributed by atoms with E-state index >= 15 is 0 Å². The van der Waals surface area contributed by atoms with E-state index in [4.69, 9.17) is 4.74 Å². The van der Waals surface area contributed by atoms with Gasteiger partial charge >= 0.3 is 0 Å². The fraction of sp³-hybridized carbons (Fsp3) is 0.211. The Morgan fingerprint density at radius 2 is 1.96 bits per heavy atom. The van der Waals surface area contributed by atoms with E-state index in [-0.39, 0.29) is 5.56 Å². The highest BCUT2D eigenvalue weighted by atomic mass is 16.5. The lowest BCUT2D eigenvalue weighted by atomic mass is 10.2. The summed E-state index contributed by atoms with van der Waals surface area (Å²) >= 11 is 0. The zero-order chi connectivity index (χ0) is 16.8. The largest absolute Gasteiger partial charge is 0.494 e. The molecule has 0 aliphatic heterocycles. The quantitative estimate of drug-likeness (QED) is 0.516. The molecule has 0 amide bonds. The highest BCUT2D eigenvalue weighted by molar-refractivity contribution is 5.80. The number of hydrogen-bond donors (Lipinski definition) is 0. The lowest BCUT2D eigenvalue weighted by Crippen LogP contribution is -2.16. The monoisotopic (exact) mass is 321 g/mol. The number of benzene rings is 2. The molecule has 3 rings (SSSR count). The summed E-state index contributed by atoms with van der Waals surface area (Å²) in [7, 11) is 0. The molecule has 3 aromatic rings. The van der Waals surface area contributed by atoms with Crippen LogP contribution in [0.1, 0.15) is 25.3 Å². The van der Waals surface area contributed by atoms with Crippen molar-refractivity contribution in [1.82, 2.24) is 9.66 Å². The van der Waals surface area contributed by atoms with Gasteiger partial charge in [-0.15, -0.1) is 0 Å². The highest BCUT2D eigenvalue weighted by Gasteiger charge is 2.01. The minimum atomic E-state index is -0.184. The fourth-order valence-corrected chi connectivity index (χ4v) is 2.26. The Morgan fingerprint density at radius 1 is 1.17 bits per heavy atom. The molecule has 1 aromatic heterocycles. The molecule has 0 radical (unpaired) electrons. The SMILES string of the molecule is CCCCOc1ccc(C=Nn2cnc3ccccc3c2=O)cc1. The third kappa shape index (κ3) is 3.68. The lowest BCUT2D eigenvalue weighted by Gasteiger charge is -2.05. The molecule has 0 saturated carbocycles. The second kappa shape index (κ2) is 7.55. The maximum atomic E-state index is 12.3. The predicted octanol–water partition coefficient (Wildman–Crippen LogP) is 3.46. The topological polar surface area (TPSA) is 56.5 Å². The van der Waals surface area contributed by atoms with Gasteiger partial charge in [0.25, 0.3) is 5.56 Å². The van der Waals surface area contributed by atoms with Crippen LogP contribution in [0.4, 0.5) is 0 Å². The van der Waals surface area contributed by atoms with E-state index in [1.165, 1.54) is 11.0 Å². The van der Waals surface area contributed by atoms with Gasteiger partial charge in [0.2, 0.25) is 0 Å². The summed E-state index contributed by atoms with van der Waals surface area (Å²) in [6.07, 6.45) is 5.22. The molecule has 0 spiro atoms. The first-order valence-corrected chi connectivity index (χ1v) is 8.01. The Bertz CT molecular complexity index is 898. The number of rotatable bonds is 6. The number of para-hydroxylation sites is 1. The first-order valence-electron chi connectivity index (χ1n) is 8.01. The van der Waals surface area contributed by atoms with Crippen LogP contribution in [0.25, 0.3) is 10.9 Å². The number of hydrogen-bond acceptors (Lipinski definition) is 4. The Morgan fingerprint density at radius 3 is 2.75 bits per heavy atom. The molecule has 1 heterocycles. The summed E-state index contributed by atoms with van der Waals surface area (Å²) in [4.78, 5) is 16.6. The average molecular weight is 321 g/mol. The maximum Gasteiger partial charge on any atom is 0.281 e. The third-order valence-electron chi connectivity index (χ3n) is 3.63. The summed E-state index contributed by atoms with van der Waals surface area (Å²) in [5.41, 5.74) is 1.37. The van der Waals surface area contributed by atoms with Crippen LogP contribution in [0.5, 0.6) is 5.75 Å². The number of aromatic nitrogens is 2. The second-order valence-electron chi connectivity index (χ2n) is 5.43. The van der Waals surface area contributed by atoms with E-state index in [1.54, 1.807) is 12.3 Å². The molecule has 0 fully saturated rings. The lowest BCUT2D eigenvalue weighted by molar-refractivity contribution is 0.309. The van der Waals surface area contributed by atoms with E-state index in [1.807, 2.05) is 42.5 Å². The van der Waals surface area contributed by atoms with Gasteiger partial charge in [-0.3, -0.25) is 4.79 Å². The average Bonchev–Trinajstić information content (AvgIpc) is 2.63. The van der Waals surface area contributed by atoms with Gasteiger partial charge in [-0.2, -0.15) is 9.78 Å². The van der Waals surface area contributed by atoms with Gasteiger partial charge in [-0.25, -0.2) is 4.98 Å². The van der Waals surface area contributed by atoms with Gasteiger partial charge in [0.05, 0.1) is 23.7 Å². The molecule has 0 bridgehead atoms. The van der Waals surface area contributed by atoms with Gasteiger partial charge in [0.15, 0.2) is 0 Å². The third-order valence-corrected chi connectivity index (χ3v) is 3.63. The predicted molar refractivity (Wildman–Crippen MR) is 95.8 cm³/mol. The number of unbranched alkanes of at least 4 members (excludes halogenated alkanes) is 1. The number of fused-ring (bicyclic) bond motifs is 1. The van der Waals surface area contributed by atoms with Crippen LogP contribution in [-0.2, 0) is 0 Å². The van der Waals surface area contributed by atoms with Crippen molar-refractivity contribution in [2.45, 2.75) is 19.8 Å². The Labute approximate surface area is 140 Å². The summed E-state index contributed by atoms with van der Waals surface area (Å²) in [5, 5.41) is 4.76. The number of ether oxygens (including phenoxy) is 1. The number of nitrogens with zero attached hydrogens (tertiary/aromatic N) is 3. The van der Waals surface area contributed by atoms with Crippen LogP contribution >= 0.6 is 0 Å². The zero-order valence-electron chi connectivity index (χ0n) is 13.6. The minimum absolute atomic E-state index is 0.184. The van der Waals surface area contributed by atoms with E-state index < -0.39 is 0 Å². The van der Waals surface area contributed by atoms with E-state index in [0.717, 1.165) is 30.8 Å². The summed E-state index contributed by atoms with van der Waals surface area (Å²) in [6, 6.07) is 14.8. The molecule has 0 aliphatic rings. The van der Waals surface area contributed by atoms with Crippen molar-refractivity contribution in [3.05, 3.63) is 70.8 Å². The smallest absolute Gasteiger partial charge is 0.281 e. The van der Waals surface area contributed by atoms with Crippen molar-refractivity contribution in [1.29, 1.82) is 0 Å². The molecular weight excluding hydrogens is 302 g/mol. The Kier molecular flexibility index (Phi) is 5.01. The van der Waals surface area contributed by atoms with Crippen molar-refractivity contribution in [3.63, 3.8) is 0 Å².